The van der Waals surface area contributed by atoms with E-state index in [1.54, 1.807) is 0 Å². The Kier molecular flexibility index (Phi) is 15.3. The van der Waals surface area contributed by atoms with E-state index in [0.717, 1.165) is 38.5 Å². The number of Topliss-reactive ketones (excluding diaryl/α,β-unsaturated/α-hetero) is 1. The Morgan fingerprint density at radius 2 is 1.27 bits per heavy atom. The molecule has 0 fully saturated rings. The maximum atomic E-state index is 12.3. The summed E-state index contributed by atoms with van der Waals surface area (Å²) in [5.41, 5.74) is 6.20. The second-order valence-electron chi connectivity index (χ2n) is 6.87. The van der Waals surface area contributed by atoms with E-state index >= 15 is 0 Å². The maximum Gasteiger partial charge on any atom is 0.137 e. The summed E-state index contributed by atoms with van der Waals surface area (Å²) >= 11 is 0. The molecular weight excluding hydrogens is 270 g/mol. The fourth-order valence-electron chi connectivity index (χ4n) is 3.21. The lowest BCUT2D eigenvalue weighted by molar-refractivity contribution is -0.123. The van der Waals surface area contributed by atoms with Gasteiger partial charge in [-0.3, -0.25) is 4.79 Å². The van der Waals surface area contributed by atoms with Crippen molar-refractivity contribution in [3.8, 4) is 0 Å². The molecule has 2 N–H and O–H groups in total. The molecule has 0 saturated carbocycles. The molecule has 2 nitrogen and oxygen atoms in total. The number of hydrogen-bond donors (Lipinski definition) is 1. The zero-order valence-corrected chi connectivity index (χ0v) is 15.5. The van der Waals surface area contributed by atoms with Crippen molar-refractivity contribution >= 4 is 5.78 Å². The van der Waals surface area contributed by atoms with Gasteiger partial charge in [-0.15, -0.1) is 0 Å². The Morgan fingerprint density at radius 1 is 0.773 bits per heavy atom. The molecule has 0 radical (unpaired) electrons. The van der Waals surface area contributed by atoms with Crippen LogP contribution in [0.1, 0.15) is 111 Å². The summed E-state index contributed by atoms with van der Waals surface area (Å²) in [5, 5.41) is 0. The molecule has 132 valence electrons. The minimum absolute atomic E-state index is 0.0796. The molecule has 0 aliphatic rings. The van der Waals surface area contributed by atoms with Gasteiger partial charge in [0, 0.05) is 18.4 Å². The van der Waals surface area contributed by atoms with Crippen LogP contribution >= 0.6 is 0 Å². The Hall–Kier alpha value is -0.370. The first-order valence-corrected chi connectivity index (χ1v) is 9.95. The smallest absolute Gasteiger partial charge is 0.137 e. The van der Waals surface area contributed by atoms with Gasteiger partial charge < -0.3 is 5.73 Å². The van der Waals surface area contributed by atoms with Gasteiger partial charge in [-0.25, -0.2) is 0 Å². The van der Waals surface area contributed by atoms with Crippen molar-refractivity contribution in [1.82, 2.24) is 0 Å². The normalized spacial score (nSPS) is 14.0. The molecule has 0 bridgehead atoms. The van der Waals surface area contributed by atoms with E-state index in [2.05, 4.69) is 20.8 Å². The van der Waals surface area contributed by atoms with Crippen molar-refractivity contribution in [2.75, 3.05) is 0 Å². The lowest BCUT2D eigenvalue weighted by Crippen LogP contribution is -2.35. The largest absolute Gasteiger partial charge is 0.327 e. The van der Waals surface area contributed by atoms with Crippen LogP contribution in [0, 0.1) is 5.92 Å². The summed E-state index contributed by atoms with van der Waals surface area (Å²) in [4.78, 5) is 12.3. The van der Waals surface area contributed by atoms with Crippen molar-refractivity contribution in [3.63, 3.8) is 0 Å². The molecule has 2 atom stereocenters. The van der Waals surface area contributed by atoms with Crippen LogP contribution in [0.2, 0.25) is 0 Å². The lowest BCUT2D eigenvalue weighted by atomic mass is 9.87. The summed E-state index contributed by atoms with van der Waals surface area (Å²) in [5.74, 6) is 0.509. The SMILES string of the molecule is CCCCCCCCCCCC(=O)C(CC)C(N)CCCC. The third-order valence-electron chi connectivity index (χ3n) is 4.79. The Bertz CT molecular complexity index is 252. The summed E-state index contributed by atoms with van der Waals surface area (Å²) in [6, 6.07) is 0.0796. The Balaban J connectivity index is 3.65. The van der Waals surface area contributed by atoms with Gasteiger partial charge in [0.1, 0.15) is 5.78 Å². The van der Waals surface area contributed by atoms with Crippen LogP contribution in [0.15, 0.2) is 0 Å². The summed E-state index contributed by atoms with van der Waals surface area (Å²) in [7, 11) is 0. The molecule has 2 heteroatoms. The molecule has 0 aromatic carbocycles. The van der Waals surface area contributed by atoms with Crippen LogP contribution in [0.25, 0.3) is 0 Å². The summed E-state index contributed by atoms with van der Waals surface area (Å²) < 4.78 is 0. The predicted molar refractivity (Wildman–Crippen MR) is 98.1 cm³/mol. The Labute approximate surface area is 139 Å². The van der Waals surface area contributed by atoms with E-state index in [-0.39, 0.29) is 12.0 Å². The Morgan fingerprint density at radius 3 is 1.77 bits per heavy atom. The zero-order chi connectivity index (χ0) is 16.6. The van der Waals surface area contributed by atoms with Crippen LogP contribution in [-0.2, 0) is 4.79 Å². The zero-order valence-electron chi connectivity index (χ0n) is 15.5. The van der Waals surface area contributed by atoms with E-state index in [1.165, 1.54) is 51.4 Å². The average molecular weight is 312 g/mol. The average Bonchev–Trinajstić information content (AvgIpc) is 2.52. The van der Waals surface area contributed by atoms with Gasteiger partial charge in [-0.1, -0.05) is 85.0 Å². The van der Waals surface area contributed by atoms with Crippen molar-refractivity contribution in [2.45, 2.75) is 117 Å². The topological polar surface area (TPSA) is 43.1 Å². The number of nitrogens with two attached hydrogens (primary N) is 1. The number of carbonyl (C=O) groups excluding carboxylic acids is 1. The van der Waals surface area contributed by atoms with E-state index in [0.29, 0.717) is 5.78 Å². The van der Waals surface area contributed by atoms with E-state index in [9.17, 15) is 4.79 Å². The van der Waals surface area contributed by atoms with Crippen LogP contribution in [0.4, 0.5) is 0 Å². The predicted octanol–water partition coefficient (Wildman–Crippen LogP) is 6.02. The minimum atomic E-state index is 0.0796. The standard InChI is InChI=1S/C20H41NO/c1-4-7-9-10-11-12-13-14-15-17-20(22)18(6-3)19(21)16-8-5-2/h18-19H,4-17,21H2,1-3H3. The molecule has 0 spiro atoms. The quantitative estimate of drug-likeness (QED) is 0.354. The highest BCUT2D eigenvalue weighted by atomic mass is 16.1. The van der Waals surface area contributed by atoms with Gasteiger partial charge in [-0.2, -0.15) is 0 Å². The van der Waals surface area contributed by atoms with Gasteiger partial charge in [0.2, 0.25) is 0 Å². The van der Waals surface area contributed by atoms with Gasteiger partial charge in [0.15, 0.2) is 0 Å². The van der Waals surface area contributed by atoms with Gasteiger partial charge in [-0.05, 0) is 19.3 Å². The van der Waals surface area contributed by atoms with Gasteiger partial charge in [0.25, 0.3) is 0 Å². The van der Waals surface area contributed by atoms with Crippen molar-refractivity contribution in [1.29, 1.82) is 0 Å². The summed E-state index contributed by atoms with van der Waals surface area (Å²) in [6.07, 6.45) is 16.7. The van der Waals surface area contributed by atoms with Crippen molar-refractivity contribution < 1.29 is 4.79 Å². The molecule has 0 heterocycles. The molecule has 0 aliphatic heterocycles. The highest BCUT2D eigenvalue weighted by molar-refractivity contribution is 5.81. The fourth-order valence-corrected chi connectivity index (χ4v) is 3.21. The van der Waals surface area contributed by atoms with Crippen LogP contribution in [0.3, 0.4) is 0 Å². The first-order chi connectivity index (χ1) is 10.7. The minimum Gasteiger partial charge on any atom is -0.327 e. The third-order valence-corrected chi connectivity index (χ3v) is 4.79. The number of rotatable bonds is 16. The van der Waals surface area contributed by atoms with E-state index in [4.69, 9.17) is 5.73 Å². The summed E-state index contributed by atoms with van der Waals surface area (Å²) in [6.45, 7) is 6.54. The fraction of sp³-hybridized carbons (Fsp3) is 0.950. The third kappa shape index (κ3) is 11.2. The van der Waals surface area contributed by atoms with Gasteiger partial charge in [0.05, 0.1) is 0 Å². The maximum absolute atomic E-state index is 12.3. The molecule has 0 amide bonds. The number of unbranched alkanes of at least 4 members (excludes halogenated alkanes) is 9. The first-order valence-electron chi connectivity index (χ1n) is 9.95. The first kappa shape index (κ1) is 21.6. The molecule has 0 aromatic heterocycles. The van der Waals surface area contributed by atoms with Crippen LogP contribution in [0.5, 0.6) is 0 Å². The van der Waals surface area contributed by atoms with E-state index < -0.39 is 0 Å². The molecule has 0 rings (SSSR count). The number of hydrogen-bond acceptors (Lipinski definition) is 2. The van der Waals surface area contributed by atoms with E-state index in [1.807, 2.05) is 0 Å². The highest BCUT2D eigenvalue weighted by Gasteiger charge is 2.22. The molecule has 2 unspecified atom stereocenters. The number of carbonyl (C=O) groups is 1. The molecule has 22 heavy (non-hydrogen) atoms. The second-order valence-corrected chi connectivity index (χ2v) is 6.87. The van der Waals surface area contributed by atoms with Crippen LogP contribution in [-0.4, -0.2) is 11.8 Å². The molecule has 0 saturated heterocycles. The monoisotopic (exact) mass is 311 g/mol. The van der Waals surface area contributed by atoms with Gasteiger partial charge >= 0.3 is 0 Å². The van der Waals surface area contributed by atoms with Crippen LogP contribution < -0.4 is 5.73 Å². The van der Waals surface area contributed by atoms with Crippen molar-refractivity contribution in [3.05, 3.63) is 0 Å². The molecular formula is C20H41NO. The van der Waals surface area contributed by atoms with Crippen molar-refractivity contribution in [2.24, 2.45) is 11.7 Å². The molecule has 0 aromatic rings. The number of ketones is 1. The second kappa shape index (κ2) is 15.5. The lowest BCUT2D eigenvalue weighted by Gasteiger charge is -2.21. The highest BCUT2D eigenvalue weighted by Crippen LogP contribution is 2.18. The molecule has 0 aliphatic carbocycles.